The van der Waals surface area contributed by atoms with Crippen molar-refractivity contribution in [2.75, 3.05) is 0 Å². The van der Waals surface area contributed by atoms with E-state index in [1.807, 2.05) is 0 Å². The molecule has 0 saturated heterocycles. The summed E-state index contributed by atoms with van der Waals surface area (Å²) in [7, 11) is 0. The third-order valence-corrected chi connectivity index (χ3v) is 5.07. The Morgan fingerprint density at radius 3 is 2.43 bits per heavy atom. The van der Waals surface area contributed by atoms with Crippen molar-refractivity contribution in [1.82, 2.24) is 9.38 Å². The van der Waals surface area contributed by atoms with Crippen LogP contribution in [0.1, 0.15) is 16.7 Å². The molecule has 2 aromatic heterocycles. The van der Waals surface area contributed by atoms with Crippen LogP contribution < -0.4 is 0 Å². The van der Waals surface area contributed by atoms with Crippen molar-refractivity contribution < 1.29 is 0 Å². The minimum atomic E-state index is 1.04. The summed E-state index contributed by atoms with van der Waals surface area (Å²) in [5.74, 6) is 0. The van der Waals surface area contributed by atoms with Gasteiger partial charge in [-0.2, -0.15) is 0 Å². The zero-order valence-electron chi connectivity index (χ0n) is 12.3. The van der Waals surface area contributed by atoms with Gasteiger partial charge in [0.05, 0.1) is 15.9 Å². The monoisotopic (exact) mass is 292 g/mol. The van der Waals surface area contributed by atoms with Crippen LogP contribution in [0.5, 0.6) is 0 Å². The number of imidazole rings is 1. The lowest BCUT2D eigenvalue weighted by atomic mass is 10.1. The highest BCUT2D eigenvalue weighted by atomic mass is 32.1. The van der Waals surface area contributed by atoms with Crippen LogP contribution in [-0.2, 0) is 0 Å². The van der Waals surface area contributed by atoms with Gasteiger partial charge in [0.15, 0.2) is 4.96 Å². The van der Waals surface area contributed by atoms with Crippen LogP contribution in [0.2, 0.25) is 0 Å². The standard InChI is InChI=1S/C18H16N2S/c1-11-4-6-14(7-5-11)15-10-20-16-8-12(2)13(3)9-17(16)21-18(20)19-15/h4-10H,1-3H3. The van der Waals surface area contributed by atoms with Gasteiger partial charge in [0, 0.05) is 11.8 Å². The smallest absolute Gasteiger partial charge is 0.195 e. The summed E-state index contributed by atoms with van der Waals surface area (Å²) in [4.78, 5) is 5.85. The van der Waals surface area contributed by atoms with Gasteiger partial charge in [0.1, 0.15) is 0 Å². The molecule has 0 aliphatic carbocycles. The van der Waals surface area contributed by atoms with Gasteiger partial charge >= 0.3 is 0 Å². The number of benzene rings is 2. The quantitative estimate of drug-likeness (QED) is 0.475. The van der Waals surface area contributed by atoms with E-state index in [0.29, 0.717) is 0 Å². The molecule has 3 heteroatoms. The number of hydrogen-bond acceptors (Lipinski definition) is 2. The van der Waals surface area contributed by atoms with Gasteiger partial charge in [-0.1, -0.05) is 41.2 Å². The summed E-state index contributed by atoms with van der Waals surface area (Å²) in [6.07, 6.45) is 2.15. The Balaban J connectivity index is 1.94. The second kappa shape index (κ2) is 4.43. The Labute approximate surface area is 127 Å². The highest BCUT2D eigenvalue weighted by Gasteiger charge is 2.11. The summed E-state index contributed by atoms with van der Waals surface area (Å²) >= 11 is 1.76. The van der Waals surface area contributed by atoms with Crippen LogP contribution in [0.25, 0.3) is 26.4 Å². The van der Waals surface area contributed by atoms with Crippen LogP contribution >= 0.6 is 11.3 Å². The number of thiazole rings is 1. The molecule has 4 rings (SSSR count). The molecule has 2 heterocycles. The van der Waals surface area contributed by atoms with Gasteiger partial charge in [-0.3, -0.25) is 4.40 Å². The average molecular weight is 292 g/mol. The summed E-state index contributed by atoms with van der Waals surface area (Å²) in [5.41, 5.74) is 7.41. The minimum absolute atomic E-state index is 1.04. The predicted octanol–water partition coefficient (Wildman–Crippen LogP) is 5.14. The molecule has 104 valence electrons. The molecular weight excluding hydrogens is 276 g/mol. The second-order valence-electron chi connectivity index (χ2n) is 5.65. The van der Waals surface area contributed by atoms with E-state index in [0.717, 1.165) is 10.7 Å². The number of rotatable bonds is 1. The molecule has 0 saturated carbocycles. The molecule has 0 spiro atoms. The molecule has 0 fully saturated rings. The molecule has 0 bridgehead atoms. The van der Waals surface area contributed by atoms with Crippen molar-refractivity contribution in [1.29, 1.82) is 0 Å². The molecule has 2 nitrogen and oxygen atoms in total. The Bertz CT molecular complexity index is 958. The minimum Gasteiger partial charge on any atom is -0.290 e. The van der Waals surface area contributed by atoms with Gasteiger partial charge in [0.25, 0.3) is 0 Å². The zero-order valence-corrected chi connectivity index (χ0v) is 13.2. The van der Waals surface area contributed by atoms with E-state index in [2.05, 4.69) is 67.8 Å². The van der Waals surface area contributed by atoms with Gasteiger partial charge in [0.2, 0.25) is 0 Å². The van der Waals surface area contributed by atoms with Crippen molar-refractivity contribution in [2.45, 2.75) is 20.8 Å². The molecule has 21 heavy (non-hydrogen) atoms. The van der Waals surface area contributed by atoms with Gasteiger partial charge in [-0.25, -0.2) is 4.98 Å². The normalized spacial score (nSPS) is 11.6. The summed E-state index contributed by atoms with van der Waals surface area (Å²) in [5, 5.41) is 0. The van der Waals surface area contributed by atoms with Crippen LogP contribution in [0.4, 0.5) is 0 Å². The first-order valence-corrected chi connectivity index (χ1v) is 7.89. The second-order valence-corrected chi connectivity index (χ2v) is 6.66. The topological polar surface area (TPSA) is 17.3 Å². The van der Waals surface area contributed by atoms with Crippen LogP contribution in [0, 0.1) is 20.8 Å². The highest BCUT2D eigenvalue weighted by Crippen LogP contribution is 2.31. The number of aryl methyl sites for hydroxylation is 3. The summed E-state index contributed by atoms with van der Waals surface area (Å²) in [6, 6.07) is 13.1. The molecule has 0 unspecified atom stereocenters. The first-order valence-electron chi connectivity index (χ1n) is 7.08. The number of fused-ring (bicyclic) bond motifs is 3. The van der Waals surface area contributed by atoms with Crippen LogP contribution in [0.3, 0.4) is 0 Å². The van der Waals surface area contributed by atoms with E-state index in [9.17, 15) is 0 Å². The van der Waals surface area contributed by atoms with E-state index in [-0.39, 0.29) is 0 Å². The van der Waals surface area contributed by atoms with E-state index in [1.165, 1.54) is 32.5 Å². The van der Waals surface area contributed by atoms with Gasteiger partial charge < -0.3 is 0 Å². The maximum absolute atomic E-state index is 4.79. The van der Waals surface area contributed by atoms with Crippen molar-refractivity contribution in [3.63, 3.8) is 0 Å². The van der Waals surface area contributed by atoms with E-state index in [4.69, 9.17) is 4.98 Å². The zero-order chi connectivity index (χ0) is 14.6. The van der Waals surface area contributed by atoms with Crippen molar-refractivity contribution in [3.8, 4) is 11.3 Å². The van der Waals surface area contributed by atoms with Crippen molar-refractivity contribution in [3.05, 3.63) is 59.3 Å². The Morgan fingerprint density at radius 1 is 0.952 bits per heavy atom. The molecule has 0 amide bonds. The van der Waals surface area contributed by atoms with Crippen LogP contribution in [-0.4, -0.2) is 9.38 Å². The Morgan fingerprint density at radius 2 is 1.67 bits per heavy atom. The maximum atomic E-state index is 4.79. The predicted molar refractivity (Wildman–Crippen MR) is 90.2 cm³/mol. The lowest BCUT2D eigenvalue weighted by molar-refractivity contribution is 1.28. The third kappa shape index (κ3) is 1.96. The number of aromatic nitrogens is 2. The summed E-state index contributed by atoms with van der Waals surface area (Å²) < 4.78 is 3.51. The van der Waals surface area contributed by atoms with Gasteiger partial charge in [-0.15, -0.1) is 0 Å². The van der Waals surface area contributed by atoms with E-state index < -0.39 is 0 Å². The lowest BCUT2D eigenvalue weighted by Gasteiger charge is -2.00. The fourth-order valence-corrected chi connectivity index (χ4v) is 3.70. The molecule has 4 aromatic rings. The molecule has 2 aromatic carbocycles. The van der Waals surface area contributed by atoms with Crippen molar-refractivity contribution >= 4 is 26.5 Å². The molecule has 0 aliphatic heterocycles. The Kier molecular flexibility index (Phi) is 2.66. The lowest BCUT2D eigenvalue weighted by Crippen LogP contribution is -1.83. The molecule has 0 radical (unpaired) electrons. The first-order chi connectivity index (χ1) is 10.1. The maximum Gasteiger partial charge on any atom is 0.195 e. The van der Waals surface area contributed by atoms with Crippen molar-refractivity contribution in [2.24, 2.45) is 0 Å². The SMILES string of the molecule is Cc1ccc(-c2cn3c(n2)sc2cc(C)c(C)cc23)cc1. The van der Waals surface area contributed by atoms with E-state index in [1.54, 1.807) is 11.3 Å². The molecule has 0 N–H and O–H groups in total. The number of hydrogen-bond donors (Lipinski definition) is 0. The molecule has 0 atom stereocenters. The fraction of sp³-hybridized carbons (Fsp3) is 0.167. The first kappa shape index (κ1) is 12.6. The largest absolute Gasteiger partial charge is 0.290 e. The highest BCUT2D eigenvalue weighted by molar-refractivity contribution is 7.23. The van der Waals surface area contributed by atoms with Crippen LogP contribution in [0.15, 0.2) is 42.6 Å². The van der Waals surface area contributed by atoms with E-state index >= 15 is 0 Å². The van der Waals surface area contributed by atoms with Gasteiger partial charge in [-0.05, 0) is 44.0 Å². The number of nitrogens with zero attached hydrogens (tertiary/aromatic N) is 2. The Hall–Kier alpha value is -2.13. The molecule has 0 aliphatic rings. The summed E-state index contributed by atoms with van der Waals surface area (Å²) in [6.45, 7) is 6.43. The average Bonchev–Trinajstić information content (AvgIpc) is 2.99. The molecular formula is C18H16N2S. The fourth-order valence-electron chi connectivity index (χ4n) is 2.61. The third-order valence-electron chi connectivity index (χ3n) is 4.06.